The molecule has 2 aliphatic rings. The minimum absolute atomic E-state index is 0.106. The molecule has 2 fully saturated rings. The standard InChI is InChI=1S/C24H46/c1-3-5-7-14-20-24(22-17-12-9-13-18-22)23(19-6-4-2)21-15-10-8-11-16-21/h21-24H,3-20H2,1-2H3/i23D. The van der Waals surface area contributed by atoms with Crippen molar-refractivity contribution in [2.45, 2.75) is 129 Å². The third-order valence-corrected chi connectivity index (χ3v) is 7.01. The van der Waals surface area contributed by atoms with Gasteiger partial charge in [0.2, 0.25) is 0 Å². The molecule has 0 aromatic rings. The zero-order valence-electron chi connectivity index (χ0n) is 18.0. The Balaban J connectivity index is 2.13. The van der Waals surface area contributed by atoms with E-state index in [1.807, 2.05) is 0 Å². The van der Waals surface area contributed by atoms with Gasteiger partial charge in [0.1, 0.15) is 0 Å². The van der Waals surface area contributed by atoms with E-state index in [0.717, 1.165) is 5.92 Å². The largest absolute Gasteiger partial charge is 0.0654 e. The molecule has 0 heteroatoms. The molecule has 0 nitrogen and oxygen atoms in total. The van der Waals surface area contributed by atoms with Crippen molar-refractivity contribution in [1.29, 1.82) is 0 Å². The van der Waals surface area contributed by atoms with Crippen LogP contribution in [0.25, 0.3) is 0 Å². The van der Waals surface area contributed by atoms with Gasteiger partial charge in [-0.05, 0) is 36.5 Å². The van der Waals surface area contributed by atoms with Gasteiger partial charge in [-0.25, -0.2) is 0 Å². The van der Waals surface area contributed by atoms with Gasteiger partial charge in [-0.1, -0.05) is 117 Å². The van der Waals surface area contributed by atoms with Gasteiger partial charge < -0.3 is 0 Å². The molecule has 0 heterocycles. The maximum atomic E-state index is 9.79. The van der Waals surface area contributed by atoms with Crippen LogP contribution in [0.5, 0.6) is 0 Å². The lowest BCUT2D eigenvalue weighted by Gasteiger charge is -2.41. The SMILES string of the molecule is [2H]C(CCCC)(C1CCCCC1)C(CCCCCC)C1CCCCC1. The Kier molecular flexibility index (Phi) is 9.68. The van der Waals surface area contributed by atoms with Gasteiger partial charge in [-0.2, -0.15) is 0 Å². The van der Waals surface area contributed by atoms with Gasteiger partial charge in [-0.3, -0.25) is 0 Å². The Morgan fingerprint density at radius 2 is 1.25 bits per heavy atom. The van der Waals surface area contributed by atoms with Gasteiger partial charge >= 0.3 is 0 Å². The van der Waals surface area contributed by atoms with Crippen LogP contribution in [0.4, 0.5) is 0 Å². The number of hydrogen-bond donors (Lipinski definition) is 0. The highest BCUT2D eigenvalue weighted by Crippen LogP contribution is 2.45. The van der Waals surface area contributed by atoms with Crippen LogP contribution in [-0.2, 0) is 0 Å². The van der Waals surface area contributed by atoms with Crippen molar-refractivity contribution in [2.75, 3.05) is 0 Å². The number of unbranched alkanes of at least 4 members (excludes halogenated alkanes) is 4. The van der Waals surface area contributed by atoms with Crippen molar-refractivity contribution in [2.24, 2.45) is 23.6 Å². The zero-order valence-corrected chi connectivity index (χ0v) is 17.0. The molecule has 24 heavy (non-hydrogen) atoms. The summed E-state index contributed by atoms with van der Waals surface area (Å²) in [5, 5.41) is 0. The minimum atomic E-state index is -0.106. The summed E-state index contributed by atoms with van der Waals surface area (Å²) in [6.07, 6.45) is 24.7. The van der Waals surface area contributed by atoms with Crippen molar-refractivity contribution in [3.63, 3.8) is 0 Å². The highest BCUT2D eigenvalue weighted by Gasteiger charge is 2.34. The highest BCUT2D eigenvalue weighted by atomic mass is 14.4. The van der Waals surface area contributed by atoms with E-state index in [-0.39, 0.29) is 5.89 Å². The summed E-state index contributed by atoms with van der Waals surface area (Å²) in [5.74, 6) is 2.15. The van der Waals surface area contributed by atoms with E-state index in [4.69, 9.17) is 0 Å². The van der Waals surface area contributed by atoms with Crippen molar-refractivity contribution in [3.8, 4) is 0 Å². The molecule has 2 rings (SSSR count). The molecule has 0 radical (unpaired) electrons. The Hall–Kier alpha value is 0. The third-order valence-electron chi connectivity index (χ3n) is 7.01. The fourth-order valence-corrected chi connectivity index (χ4v) is 5.60. The summed E-state index contributed by atoms with van der Waals surface area (Å²) in [4.78, 5) is 0. The lowest BCUT2D eigenvalue weighted by Crippen LogP contribution is -2.32. The van der Waals surface area contributed by atoms with E-state index in [9.17, 15) is 1.37 Å². The van der Waals surface area contributed by atoms with Crippen molar-refractivity contribution < 1.29 is 1.37 Å². The molecule has 2 unspecified atom stereocenters. The first-order valence-electron chi connectivity index (χ1n) is 12.2. The van der Waals surface area contributed by atoms with Crippen LogP contribution >= 0.6 is 0 Å². The molecule has 2 atom stereocenters. The fraction of sp³-hybridized carbons (Fsp3) is 1.00. The van der Waals surface area contributed by atoms with Crippen LogP contribution in [0.15, 0.2) is 0 Å². The first-order chi connectivity index (χ1) is 12.2. The van der Waals surface area contributed by atoms with Crippen molar-refractivity contribution >= 4 is 0 Å². The van der Waals surface area contributed by atoms with Gasteiger partial charge in [0.05, 0.1) is 0 Å². The van der Waals surface area contributed by atoms with Crippen LogP contribution in [0.3, 0.4) is 0 Å². The average Bonchev–Trinajstić information content (AvgIpc) is 2.67. The summed E-state index contributed by atoms with van der Waals surface area (Å²) < 4.78 is 9.79. The lowest BCUT2D eigenvalue weighted by molar-refractivity contribution is 0.0890. The topological polar surface area (TPSA) is 0 Å². The second-order valence-corrected chi connectivity index (χ2v) is 8.87. The average molecular weight is 336 g/mol. The first-order valence-corrected chi connectivity index (χ1v) is 11.7. The second kappa shape index (κ2) is 12.4. The molecule has 142 valence electrons. The lowest BCUT2D eigenvalue weighted by atomic mass is 9.64. The second-order valence-electron chi connectivity index (χ2n) is 8.87. The summed E-state index contributed by atoms with van der Waals surface area (Å²) in [5.41, 5.74) is 0. The molecule has 0 aliphatic heterocycles. The molecule has 0 bridgehead atoms. The molecule has 2 aliphatic carbocycles. The molecule has 0 aromatic heterocycles. The quantitative estimate of drug-likeness (QED) is 0.332. The van der Waals surface area contributed by atoms with Gasteiger partial charge in [0, 0.05) is 1.37 Å². The Morgan fingerprint density at radius 1 is 0.667 bits per heavy atom. The predicted molar refractivity (Wildman–Crippen MR) is 108 cm³/mol. The predicted octanol–water partition coefficient (Wildman–Crippen LogP) is 8.54. The maximum Gasteiger partial charge on any atom is 0.0308 e. The summed E-state index contributed by atoms with van der Waals surface area (Å²) in [7, 11) is 0. The minimum Gasteiger partial charge on any atom is -0.0654 e. The Morgan fingerprint density at radius 3 is 1.83 bits per heavy atom. The molecule has 0 N–H and O–H groups in total. The highest BCUT2D eigenvalue weighted by molar-refractivity contribution is 4.85. The summed E-state index contributed by atoms with van der Waals surface area (Å²) in [6.45, 7) is 4.63. The van der Waals surface area contributed by atoms with Crippen LogP contribution in [0, 0.1) is 23.6 Å². The fourth-order valence-electron chi connectivity index (χ4n) is 5.60. The third kappa shape index (κ3) is 6.72. The molecular weight excluding hydrogens is 288 g/mol. The van der Waals surface area contributed by atoms with Crippen LogP contribution in [-0.4, -0.2) is 0 Å². The maximum absolute atomic E-state index is 9.79. The van der Waals surface area contributed by atoms with Gasteiger partial charge in [0.15, 0.2) is 0 Å². The Bertz CT molecular complexity index is 327. The normalized spacial score (nSPS) is 25.2. The van der Waals surface area contributed by atoms with E-state index in [2.05, 4.69) is 13.8 Å². The van der Waals surface area contributed by atoms with E-state index in [1.165, 1.54) is 116 Å². The van der Waals surface area contributed by atoms with Crippen LogP contribution < -0.4 is 0 Å². The smallest absolute Gasteiger partial charge is 0.0308 e. The Labute approximate surface area is 155 Å². The van der Waals surface area contributed by atoms with Crippen LogP contribution in [0.2, 0.25) is 0 Å². The van der Waals surface area contributed by atoms with Gasteiger partial charge in [-0.15, -0.1) is 0 Å². The zero-order chi connectivity index (χ0) is 18.0. The van der Waals surface area contributed by atoms with E-state index in [1.54, 1.807) is 0 Å². The molecular formula is C24H46. The van der Waals surface area contributed by atoms with Crippen LogP contribution in [0.1, 0.15) is 131 Å². The molecule has 0 aromatic carbocycles. The van der Waals surface area contributed by atoms with Gasteiger partial charge in [0.25, 0.3) is 0 Å². The summed E-state index contributed by atoms with van der Waals surface area (Å²) >= 11 is 0. The van der Waals surface area contributed by atoms with Crippen molar-refractivity contribution in [3.05, 3.63) is 0 Å². The molecule has 0 spiro atoms. The number of hydrogen-bond acceptors (Lipinski definition) is 0. The van der Waals surface area contributed by atoms with Crippen molar-refractivity contribution in [1.82, 2.24) is 0 Å². The monoisotopic (exact) mass is 335 g/mol. The van der Waals surface area contributed by atoms with E-state index in [0.29, 0.717) is 11.8 Å². The molecule has 0 saturated heterocycles. The first kappa shape index (κ1) is 18.8. The molecule has 2 saturated carbocycles. The van der Waals surface area contributed by atoms with E-state index >= 15 is 0 Å². The van der Waals surface area contributed by atoms with E-state index < -0.39 is 0 Å². The number of rotatable bonds is 11. The summed E-state index contributed by atoms with van der Waals surface area (Å²) in [6, 6.07) is 0. The molecule has 0 amide bonds.